The van der Waals surface area contributed by atoms with E-state index in [1.54, 1.807) is 24.1 Å². The number of H-pyrrole nitrogens is 1. The summed E-state index contributed by atoms with van der Waals surface area (Å²) >= 11 is 0. The summed E-state index contributed by atoms with van der Waals surface area (Å²) in [5, 5.41) is 4.29. The van der Waals surface area contributed by atoms with Gasteiger partial charge in [0.25, 0.3) is 5.91 Å². The summed E-state index contributed by atoms with van der Waals surface area (Å²) in [6.45, 7) is 2.13. The van der Waals surface area contributed by atoms with Gasteiger partial charge in [0.05, 0.1) is 7.11 Å². The standard InChI is InChI=1S/C22H19F3N6O3/c1-33-15-4-2-13-10-17(27-16(13)11-15)20(32)31-8-6-30(7-9-31)18-5-3-14(12-26-18)19-28-21(34-29-19)22(23,24)25/h2-5,10-12,27H,6-9H2,1H3. The summed E-state index contributed by atoms with van der Waals surface area (Å²) in [5.74, 6) is -0.316. The molecule has 0 saturated carbocycles. The van der Waals surface area contributed by atoms with Crippen LogP contribution in [0.1, 0.15) is 16.4 Å². The van der Waals surface area contributed by atoms with E-state index in [-0.39, 0.29) is 11.7 Å². The van der Waals surface area contributed by atoms with Gasteiger partial charge in [-0.05, 0) is 30.3 Å². The Labute approximate surface area is 191 Å². The zero-order valence-electron chi connectivity index (χ0n) is 18.0. The number of nitrogens with one attached hydrogen (secondary N) is 1. The Morgan fingerprint density at radius 1 is 1.12 bits per heavy atom. The van der Waals surface area contributed by atoms with E-state index in [1.807, 2.05) is 29.2 Å². The number of methoxy groups -OCH3 is 1. The molecule has 176 valence electrons. The van der Waals surface area contributed by atoms with Crippen molar-refractivity contribution in [3.8, 4) is 17.1 Å². The van der Waals surface area contributed by atoms with E-state index < -0.39 is 12.1 Å². The van der Waals surface area contributed by atoms with Crippen LogP contribution in [-0.2, 0) is 6.18 Å². The molecule has 12 heteroatoms. The molecule has 34 heavy (non-hydrogen) atoms. The number of fused-ring (bicyclic) bond motifs is 1. The highest BCUT2D eigenvalue weighted by Gasteiger charge is 2.38. The molecule has 0 radical (unpaired) electrons. The molecule has 0 unspecified atom stereocenters. The van der Waals surface area contributed by atoms with Crippen LogP contribution in [0.3, 0.4) is 0 Å². The van der Waals surface area contributed by atoms with Gasteiger partial charge in [0.2, 0.25) is 5.82 Å². The van der Waals surface area contributed by atoms with Crippen LogP contribution in [0.25, 0.3) is 22.3 Å². The van der Waals surface area contributed by atoms with E-state index in [4.69, 9.17) is 4.74 Å². The maximum Gasteiger partial charge on any atom is 0.471 e. The first kappa shape index (κ1) is 21.7. The monoisotopic (exact) mass is 472 g/mol. The molecule has 1 N–H and O–H groups in total. The zero-order chi connectivity index (χ0) is 23.9. The van der Waals surface area contributed by atoms with Crippen molar-refractivity contribution in [1.82, 2.24) is 25.0 Å². The molecule has 1 aliphatic heterocycles. The molecule has 1 amide bonds. The summed E-state index contributed by atoms with van der Waals surface area (Å²) in [7, 11) is 1.59. The second kappa shape index (κ2) is 8.36. The van der Waals surface area contributed by atoms with Crippen LogP contribution >= 0.6 is 0 Å². The lowest BCUT2D eigenvalue weighted by atomic mass is 10.2. The number of pyridine rings is 1. The van der Waals surface area contributed by atoms with Gasteiger partial charge in [0, 0.05) is 54.9 Å². The molecule has 3 aromatic heterocycles. The molecular formula is C22H19F3N6O3. The minimum absolute atomic E-state index is 0.0873. The molecule has 1 aromatic carbocycles. The summed E-state index contributed by atoms with van der Waals surface area (Å²) in [4.78, 5) is 27.6. The number of aromatic amines is 1. The fourth-order valence-electron chi connectivity index (χ4n) is 3.82. The summed E-state index contributed by atoms with van der Waals surface area (Å²) in [6.07, 6.45) is -3.30. The number of carbonyl (C=O) groups is 1. The number of benzene rings is 1. The number of halogens is 3. The highest BCUT2D eigenvalue weighted by atomic mass is 19.4. The largest absolute Gasteiger partial charge is 0.497 e. The van der Waals surface area contributed by atoms with Crippen molar-refractivity contribution >= 4 is 22.6 Å². The quantitative estimate of drug-likeness (QED) is 0.484. The van der Waals surface area contributed by atoms with Gasteiger partial charge in [-0.3, -0.25) is 4.79 Å². The highest BCUT2D eigenvalue weighted by Crippen LogP contribution is 2.29. The van der Waals surface area contributed by atoms with Gasteiger partial charge in [-0.15, -0.1) is 0 Å². The van der Waals surface area contributed by atoms with Gasteiger partial charge >= 0.3 is 12.1 Å². The smallest absolute Gasteiger partial charge is 0.471 e. The van der Waals surface area contributed by atoms with Crippen LogP contribution in [0.5, 0.6) is 5.75 Å². The fraction of sp³-hybridized carbons (Fsp3) is 0.273. The van der Waals surface area contributed by atoms with Gasteiger partial charge in [-0.1, -0.05) is 5.16 Å². The van der Waals surface area contributed by atoms with E-state index in [9.17, 15) is 18.0 Å². The summed E-state index contributed by atoms with van der Waals surface area (Å²) < 4.78 is 47.4. The number of amides is 1. The highest BCUT2D eigenvalue weighted by molar-refractivity contribution is 5.98. The zero-order valence-corrected chi connectivity index (χ0v) is 18.0. The number of ether oxygens (including phenoxy) is 1. The molecule has 1 fully saturated rings. The molecule has 0 atom stereocenters. The van der Waals surface area contributed by atoms with Crippen molar-refractivity contribution in [2.24, 2.45) is 0 Å². The predicted octanol–water partition coefficient (Wildman–Crippen LogP) is 3.60. The molecule has 1 saturated heterocycles. The van der Waals surface area contributed by atoms with Crippen LogP contribution in [0.4, 0.5) is 19.0 Å². The predicted molar refractivity (Wildman–Crippen MR) is 115 cm³/mol. The van der Waals surface area contributed by atoms with Gasteiger partial charge in [0.15, 0.2) is 0 Å². The molecular weight excluding hydrogens is 453 g/mol. The molecule has 0 bridgehead atoms. The van der Waals surface area contributed by atoms with Crippen LogP contribution in [0.2, 0.25) is 0 Å². The molecule has 4 heterocycles. The van der Waals surface area contributed by atoms with Gasteiger partial charge in [-0.25, -0.2) is 4.98 Å². The second-order valence-electron chi connectivity index (χ2n) is 7.74. The fourth-order valence-corrected chi connectivity index (χ4v) is 3.82. The Morgan fingerprint density at radius 3 is 2.56 bits per heavy atom. The number of aromatic nitrogens is 4. The molecule has 0 spiro atoms. The summed E-state index contributed by atoms with van der Waals surface area (Å²) in [5.41, 5.74) is 1.65. The van der Waals surface area contributed by atoms with E-state index in [0.29, 0.717) is 49.0 Å². The average molecular weight is 472 g/mol. The van der Waals surface area contributed by atoms with Crippen molar-refractivity contribution in [2.45, 2.75) is 6.18 Å². The van der Waals surface area contributed by atoms with E-state index in [0.717, 1.165) is 10.9 Å². The van der Waals surface area contributed by atoms with Crippen LogP contribution in [-0.4, -0.2) is 64.2 Å². The number of hydrogen-bond acceptors (Lipinski definition) is 7. The number of anilines is 1. The maximum atomic E-state index is 13.0. The molecule has 4 aromatic rings. The first-order valence-corrected chi connectivity index (χ1v) is 10.4. The lowest BCUT2D eigenvalue weighted by molar-refractivity contribution is -0.159. The van der Waals surface area contributed by atoms with Crippen molar-refractivity contribution in [1.29, 1.82) is 0 Å². The molecule has 0 aliphatic carbocycles. The lowest BCUT2D eigenvalue weighted by Gasteiger charge is -2.35. The summed E-state index contributed by atoms with van der Waals surface area (Å²) in [6, 6.07) is 10.7. The average Bonchev–Trinajstić information content (AvgIpc) is 3.51. The first-order valence-electron chi connectivity index (χ1n) is 10.4. The van der Waals surface area contributed by atoms with Gasteiger partial charge < -0.3 is 24.0 Å². The normalized spacial score (nSPS) is 14.6. The van der Waals surface area contributed by atoms with Crippen molar-refractivity contribution in [2.75, 3.05) is 38.2 Å². The maximum absolute atomic E-state index is 13.0. The number of rotatable bonds is 4. The number of carbonyl (C=O) groups excluding carboxylic acids is 1. The minimum Gasteiger partial charge on any atom is -0.497 e. The lowest BCUT2D eigenvalue weighted by Crippen LogP contribution is -2.49. The Morgan fingerprint density at radius 2 is 1.91 bits per heavy atom. The van der Waals surface area contributed by atoms with Crippen molar-refractivity contribution in [3.05, 3.63) is 54.2 Å². The van der Waals surface area contributed by atoms with E-state index in [1.165, 1.54) is 6.20 Å². The van der Waals surface area contributed by atoms with Gasteiger partial charge in [-0.2, -0.15) is 18.2 Å². The number of hydrogen-bond donors (Lipinski definition) is 1. The van der Waals surface area contributed by atoms with Crippen LogP contribution in [0.15, 0.2) is 47.1 Å². The Bertz CT molecular complexity index is 1320. The molecule has 9 nitrogen and oxygen atoms in total. The Balaban J connectivity index is 1.23. The SMILES string of the molecule is COc1ccc2cc(C(=O)N3CCN(c4ccc(-c5noc(C(F)(F)F)n5)cn4)CC3)[nH]c2c1. The van der Waals surface area contributed by atoms with Crippen LogP contribution < -0.4 is 9.64 Å². The first-order chi connectivity index (χ1) is 16.3. The van der Waals surface area contributed by atoms with Crippen LogP contribution in [0, 0.1) is 0 Å². The van der Waals surface area contributed by atoms with Crippen molar-refractivity contribution < 1.29 is 27.2 Å². The molecule has 5 rings (SSSR count). The Hall–Kier alpha value is -4.09. The second-order valence-corrected chi connectivity index (χ2v) is 7.74. The third kappa shape index (κ3) is 4.14. The third-order valence-electron chi connectivity index (χ3n) is 5.63. The number of piperazine rings is 1. The number of nitrogens with zero attached hydrogens (tertiary/aromatic N) is 5. The van der Waals surface area contributed by atoms with E-state index >= 15 is 0 Å². The van der Waals surface area contributed by atoms with Crippen molar-refractivity contribution in [3.63, 3.8) is 0 Å². The van der Waals surface area contributed by atoms with E-state index in [2.05, 4.69) is 24.6 Å². The topological polar surface area (TPSA) is 100 Å². The minimum atomic E-state index is -4.70. The third-order valence-corrected chi connectivity index (χ3v) is 5.63. The molecule has 1 aliphatic rings. The van der Waals surface area contributed by atoms with Gasteiger partial charge in [0.1, 0.15) is 17.3 Å². The Kier molecular flexibility index (Phi) is 5.34. The number of alkyl halides is 3.